The highest BCUT2D eigenvalue weighted by molar-refractivity contribution is 5.68. The summed E-state index contributed by atoms with van der Waals surface area (Å²) < 4.78 is 10.4. The summed E-state index contributed by atoms with van der Waals surface area (Å²) in [7, 11) is 3.05. The van der Waals surface area contributed by atoms with E-state index in [1.807, 2.05) is 36.4 Å². The molecule has 0 spiro atoms. The maximum absolute atomic E-state index is 9.83. The first kappa shape index (κ1) is 20.2. The molecule has 156 valence electrons. The van der Waals surface area contributed by atoms with Crippen LogP contribution in [0.15, 0.2) is 73.1 Å². The van der Waals surface area contributed by atoms with E-state index < -0.39 is 0 Å². The fourth-order valence-electron chi connectivity index (χ4n) is 3.41. The molecule has 0 saturated heterocycles. The Morgan fingerprint density at radius 3 is 1.45 bits per heavy atom. The van der Waals surface area contributed by atoms with Crippen molar-refractivity contribution in [3.63, 3.8) is 0 Å². The molecule has 2 heterocycles. The maximum atomic E-state index is 9.83. The van der Waals surface area contributed by atoms with Crippen LogP contribution in [0.1, 0.15) is 11.4 Å². The van der Waals surface area contributed by atoms with Crippen molar-refractivity contribution in [2.24, 2.45) is 0 Å². The molecule has 0 aliphatic rings. The van der Waals surface area contributed by atoms with Crippen molar-refractivity contribution in [3.05, 3.63) is 84.4 Å². The number of hydrogen-bond donors (Lipinski definition) is 2. The average Bonchev–Trinajstić information content (AvgIpc) is 2.80. The number of pyridine rings is 2. The van der Waals surface area contributed by atoms with Crippen molar-refractivity contribution < 1.29 is 19.7 Å². The topological polar surface area (TPSA) is 84.7 Å². The predicted molar refractivity (Wildman–Crippen MR) is 119 cm³/mol. The normalized spacial score (nSPS) is 10.6. The lowest BCUT2D eigenvalue weighted by Gasteiger charge is -2.09. The van der Waals surface area contributed by atoms with E-state index in [0.717, 1.165) is 33.6 Å². The first-order chi connectivity index (χ1) is 15.1. The molecule has 2 aromatic heterocycles. The molecule has 0 radical (unpaired) electrons. The van der Waals surface area contributed by atoms with E-state index in [1.54, 1.807) is 36.7 Å². The Balaban J connectivity index is 1.61. The minimum Gasteiger partial charge on any atom is -0.504 e. The Morgan fingerprint density at radius 2 is 1.03 bits per heavy atom. The van der Waals surface area contributed by atoms with Gasteiger partial charge in [0.1, 0.15) is 0 Å². The Hall–Kier alpha value is -4.06. The van der Waals surface area contributed by atoms with E-state index in [0.29, 0.717) is 17.9 Å². The summed E-state index contributed by atoms with van der Waals surface area (Å²) in [6, 6.07) is 18.4. The van der Waals surface area contributed by atoms with Crippen LogP contribution in [-0.4, -0.2) is 34.4 Å². The number of phenols is 2. The van der Waals surface area contributed by atoms with Crippen LogP contribution >= 0.6 is 0 Å². The summed E-state index contributed by atoms with van der Waals surface area (Å²) in [4.78, 5) is 8.98. The predicted octanol–water partition coefficient (Wildman–Crippen LogP) is 4.83. The molecular weight excluding hydrogens is 392 g/mol. The van der Waals surface area contributed by atoms with Crippen molar-refractivity contribution >= 4 is 0 Å². The van der Waals surface area contributed by atoms with Crippen LogP contribution in [0, 0.1) is 0 Å². The number of hydrogen-bond acceptors (Lipinski definition) is 6. The highest BCUT2D eigenvalue weighted by Crippen LogP contribution is 2.33. The lowest BCUT2D eigenvalue weighted by atomic mass is 10.0. The minimum atomic E-state index is 0.104. The summed E-state index contributed by atoms with van der Waals surface area (Å²) in [6.07, 6.45) is 4.09. The zero-order valence-electron chi connectivity index (χ0n) is 17.2. The van der Waals surface area contributed by atoms with E-state index in [-0.39, 0.29) is 11.5 Å². The van der Waals surface area contributed by atoms with Gasteiger partial charge in [-0.25, -0.2) is 0 Å². The third-order valence-electron chi connectivity index (χ3n) is 5.02. The number of phenolic OH excluding ortho intramolecular Hbond substituents is 2. The van der Waals surface area contributed by atoms with Gasteiger partial charge in [0.2, 0.25) is 0 Å². The summed E-state index contributed by atoms with van der Waals surface area (Å²) in [5, 5.41) is 19.7. The third kappa shape index (κ3) is 4.43. The zero-order chi connectivity index (χ0) is 21.8. The highest BCUT2D eigenvalue weighted by atomic mass is 16.5. The van der Waals surface area contributed by atoms with Crippen molar-refractivity contribution in [2.45, 2.75) is 6.42 Å². The van der Waals surface area contributed by atoms with Gasteiger partial charge >= 0.3 is 0 Å². The number of benzene rings is 2. The van der Waals surface area contributed by atoms with Crippen molar-refractivity contribution in [2.75, 3.05) is 14.2 Å². The van der Waals surface area contributed by atoms with E-state index >= 15 is 0 Å². The summed E-state index contributed by atoms with van der Waals surface area (Å²) >= 11 is 0. The smallest absolute Gasteiger partial charge is 0.161 e. The van der Waals surface area contributed by atoms with Gasteiger partial charge in [-0.1, -0.05) is 12.1 Å². The molecule has 0 unspecified atom stereocenters. The second-order valence-corrected chi connectivity index (χ2v) is 7.02. The van der Waals surface area contributed by atoms with Gasteiger partial charge in [0.25, 0.3) is 0 Å². The standard InChI is InChI=1S/C25H22N2O4/c1-30-24-13-16(3-5-22(24)28)18-7-9-26-20(11-18)15-21-12-19(8-10-27-21)17-4-6-23(29)25(14-17)31-2/h3-14,28-29H,15H2,1-2H3. The Bertz CT molecular complexity index is 1130. The Labute approximate surface area is 180 Å². The van der Waals surface area contributed by atoms with Gasteiger partial charge in [-0.3, -0.25) is 9.97 Å². The van der Waals surface area contributed by atoms with Crippen molar-refractivity contribution in [1.29, 1.82) is 0 Å². The molecule has 6 heteroatoms. The quantitative estimate of drug-likeness (QED) is 0.470. The van der Waals surface area contributed by atoms with E-state index in [1.165, 1.54) is 14.2 Å². The van der Waals surface area contributed by atoms with Gasteiger partial charge in [-0.2, -0.15) is 0 Å². The molecule has 0 aliphatic heterocycles. The van der Waals surface area contributed by atoms with E-state index in [2.05, 4.69) is 9.97 Å². The lowest BCUT2D eigenvalue weighted by Crippen LogP contribution is -1.96. The van der Waals surface area contributed by atoms with Crippen molar-refractivity contribution in [3.8, 4) is 45.3 Å². The Kier molecular flexibility index (Phi) is 5.71. The van der Waals surface area contributed by atoms with Gasteiger partial charge in [0.15, 0.2) is 23.0 Å². The van der Waals surface area contributed by atoms with Crippen LogP contribution in [-0.2, 0) is 6.42 Å². The lowest BCUT2D eigenvalue weighted by molar-refractivity contribution is 0.373. The minimum absolute atomic E-state index is 0.104. The third-order valence-corrected chi connectivity index (χ3v) is 5.02. The van der Waals surface area contributed by atoms with Gasteiger partial charge in [-0.05, 0) is 70.8 Å². The van der Waals surface area contributed by atoms with Gasteiger partial charge < -0.3 is 19.7 Å². The molecular formula is C25H22N2O4. The summed E-state index contributed by atoms with van der Waals surface area (Å²) in [6.45, 7) is 0. The molecule has 0 bridgehead atoms. The van der Waals surface area contributed by atoms with Gasteiger partial charge in [0.05, 0.1) is 14.2 Å². The maximum Gasteiger partial charge on any atom is 0.161 e. The largest absolute Gasteiger partial charge is 0.504 e. The molecule has 0 saturated carbocycles. The molecule has 0 amide bonds. The first-order valence-corrected chi connectivity index (χ1v) is 9.72. The fourth-order valence-corrected chi connectivity index (χ4v) is 3.41. The number of rotatable bonds is 6. The second kappa shape index (κ2) is 8.75. The molecule has 0 aliphatic carbocycles. The number of methoxy groups -OCH3 is 2. The molecule has 6 nitrogen and oxygen atoms in total. The second-order valence-electron chi connectivity index (χ2n) is 7.02. The molecule has 2 N–H and O–H groups in total. The molecule has 31 heavy (non-hydrogen) atoms. The number of aromatic nitrogens is 2. The van der Waals surface area contributed by atoms with Gasteiger partial charge in [0, 0.05) is 30.2 Å². The number of nitrogens with zero attached hydrogens (tertiary/aromatic N) is 2. The summed E-state index contributed by atoms with van der Waals surface area (Å²) in [5.41, 5.74) is 5.55. The molecule has 4 rings (SSSR count). The van der Waals surface area contributed by atoms with Crippen LogP contribution in [0.2, 0.25) is 0 Å². The Morgan fingerprint density at radius 1 is 0.613 bits per heavy atom. The number of ether oxygens (including phenoxy) is 2. The van der Waals surface area contributed by atoms with Crippen LogP contribution in [0.5, 0.6) is 23.0 Å². The van der Waals surface area contributed by atoms with E-state index in [9.17, 15) is 10.2 Å². The van der Waals surface area contributed by atoms with Crippen LogP contribution in [0.25, 0.3) is 22.3 Å². The van der Waals surface area contributed by atoms with Crippen LogP contribution in [0.4, 0.5) is 0 Å². The fraction of sp³-hybridized carbons (Fsp3) is 0.120. The number of aromatic hydroxyl groups is 2. The monoisotopic (exact) mass is 414 g/mol. The SMILES string of the molecule is COc1cc(-c2ccnc(Cc3cc(-c4ccc(O)c(OC)c4)ccn3)c2)ccc1O. The molecule has 0 fully saturated rings. The average molecular weight is 414 g/mol. The van der Waals surface area contributed by atoms with Crippen LogP contribution in [0.3, 0.4) is 0 Å². The molecule has 2 aromatic carbocycles. The highest BCUT2D eigenvalue weighted by Gasteiger charge is 2.09. The van der Waals surface area contributed by atoms with E-state index in [4.69, 9.17) is 9.47 Å². The molecule has 0 atom stereocenters. The van der Waals surface area contributed by atoms with Crippen molar-refractivity contribution in [1.82, 2.24) is 9.97 Å². The van der Waals surface area contributed by atoms with Crippen LogP contribution < -0.4 is 9.47 Å². The van der Waals surface area contributed by atoms with Gasteiger partial charge in [-0.15, -0.1) is 0 Å². The zero-order valence-corrected chi connectivity index (χ0v) is 17.2. The first-order valence-electron chi connectivity index (χ1n) is 9.72. The molecule has 4 aromatic rings. The summed E-state index contributed by atoms with van der Waals surface area (Å²) in [5.74, 6) is 1.06.